The second-order valence-electron chi connectivity index (χ2n) is 6.39. The van der Waals surface area contributed by atoms with Crippen molar-refractivity contribution in [3.05, 3.63) is 0 Å². The quantitative estimate of drug-likeness (QED) is 0.468. The van der Waals surface area contributed by atoms with Crippen LogP contribution in [-0.4, -0.2) is 23.5 Å². The van der Waals surface area contributed by atoms with Gasteiger partial charge in [0.25, 0.3) is 0 Å². The zero-order chi connectivity index (χ0) is 16.8. The molecule has 0 aromatic carbocycles. The Hall–Kier alpha value is -1.06. The van der Waals surface area contributed by atoms with Crippen molar-refractivity contribution in [2.45, 2.75) is 85.0 Å². The van der Waals surface area contributed by atoms with E-state index in [0.717, 1.165) is 12.8 Å². The van der Waals surface area contributed by atoms with Gasteiger partial charge in [0.05, 0.1) is 5.92 Å². The minimum atomic E-state index is -0.915. The van der Waals surface area contributed by atoms with Gasteiger partial charge in [-0.2, -0.15) is 0 Å². The highest BCUT2D eigenvalue weighted by molar-refractivity contribution is 5.84. The molecule has 0 aliphatic rings. The van der Waals surface area contributed by atoms with Gasteiger partial charge < -0.3 is 10.4 Å². The molecule has 0 radical (unpaired) electrons. The molecule has 0 rings (SSSR count). The van der Waals surface area contributed by atoms with Gasteiger partial charge in [0.2, 0.25) is 5.91 Å². The predicted octanol–water partition coefficient (Wildman–Crippen LogP) is 4.38. The standard InChI is InChI=1S/C18H35NO3/c1-4-5-6-7-8-9-10-11-12-13-14-19-17(20)15(2)16(3)18(21)22/h15-16H,4-14H2,1-3H3,(H,19,20)(H,21,22). The predicted molar refractivity (Wildman–Crippen MR) is 90.8 cm³/mol. The van der Waals surface area contributed by atoms with Crippen molar-refractivity contribution in [3.63, 3.8) is 0 Å². The van der Waals surface area contributed by atoms with Crippen LogP contribution >= 0.6 is 0 Å². The summed E-state index contributed by atoms with van der Waals surface area (Å²) in [7, 11) is 0. The van der Waals surface area contributed by atoms with E-state index in [1.54, 1.807) is 13.8 Å². The summed E-state index contributed by atoms with van der Waals surface area (Å²) < 4.78 is 0. The Morgan fingerprint density at radius 2 is 1.27 bits per heavy atom. The Kier molecular flexibility index (Phi) is 12.9. The number of aliphatic carboxylic acids is 1. The monoisotopic (exact) mass is 313 g/mol. The van der Waals surface area contributed by atoms with E-state index in [-0.39, 0.29) is 5.91 Å². The second kappa shape index (κ2) is 13.6. The van der Waals surface area contributed by atoms with Crippen LogP contribution < -0.4 is 5.32 Å². The van der Waals surface area contributed by atoms with Crippen LogP contribution in [0.5, 0.6) is 0 Å². The summed E-state index contributed by atoms with van der Waals surface area (Å²) in [6.07, 6.45) is 12.7. The Morgan fingerprint density at radius 1 is 0.818 bits per heavy atom. The fraction of sp³-hybridized carbons (Fsp3) is 0.889. The molecule has 0 aromatic rings. The van der Waals surface area contributed by atoms with Crippen molar-refractivity contribution >= 4 is 11.9 Å². The summed E-state index contributed by atoms with van der Waals surface area (Å²) >= 11 is 0. The minimum absolute atomic E-state index is 0.147. The summed E-state index contributed by atoms with van der Waals surface area (Å²) in [5.41, 5.74) is 0. The van der Waals surface area contributed by atoms with E-state index in [9.17, 15) is 9.59 Å². The Balaban J connectivity index is 3.42. The molecule has 2 N–H and O–H groups in total. The third-order valence-corrected chi connectivity index (χ3v) is 4.38. The van der Waals surface area contributed by atoms with Gasteiger partial charge in [0, 0.05) is 12.5 Å². The van der Waals surface area contributed by atoms with E-state index in [2.05, 4.69) is 12.2 Å². The van der Waals surface area contributed by atoms with Crippen molar-refractivity contribution < 1.29 is 14.7 Å². The van der Waals surface area contributed by atoms with E-state index in [1.807, 2.05) is 0 Å². The molecule has 130 valence electrons. The summed E-state index contributed by atoms with van der Waals surface area (Å²) in [5, 5.41) is 11.7. The Morgan fingerprint density at radius 3 is 1.73 bits per heavy atom. The van der Waals surface area contributed by atoms with Crippen LogP contribution in [0.3, 0.4) is 0 Å². The van der Waals surface area contributed by atoms with Gasteiger partial charge in [-0.25, -0.2) is 0 Å². The van der Waals surface area contributed by atoms with Crippen molar-refractivity contribution in [3.8, 4) is 0 Å². The SMILES string of the molecule is CCCCCCCCCCCCNC(=O)C(C)C(C)C(=O)O. The number of rotatable bonds is 14. The second-order valence-corrected chi connectivity index (χ2v) is 6.39. The molecule has 0 aliphatic carbocycles. The topological polar surface area (TPSA) is 66.4 Å². The van der Waals surface area contributed by atoms with Gasteiger partial charge in [0.1, 0.15) is 0 Å². The molecule has 4 heteroatoms. The molecule has 0 fully saturated rings. The van der Waals surface area contributed by atoms with Crippen LogP contribution in [0.2, 0.25) is 0 Å². The molecule has 0 aromatic heterocycles. The molecule has 4 nitrogen and oxygen atoms in total. The van der Waals surface area contributed by atoms with Gasteiger partial charge in [-0.3, -0.25) is 9.59 Å². The first-order chi connectivity index (χ1) is 10.5. The molecule has 2 unspecified atom stereocenters. The lowest BCUT2D eigenvalue weighted by atomic mass is 9.95. The number of hydrogen-bond donors (Lipinski definition) is 2. The summed E-state index contributed by atoms with van der Waals surface area (Å²) in [5.74, 6) is -2.17. The van der Waals surface area contributed by atoms with E-state index >= 15 is 0 Å². The maximum atomic E-state index is 11.8. The molecule has 22 heavy (non-hydrogen) atoms. The molecular weight excluding hydrogens is 278 g/mol. The molecule has 0 saturated carbocycles. The first-order valence-corrected chi connectivity index (χ1v) is 9.01. The number of carboxylic acids is 1. The zero-order valence-electron chi connectivity index (χ0n) is 14.7. The number of unbranched alkanes of at least 4 members (excludes halogenated alkanes) is 9. The van der Waals surface area contributed by atoms with Crippen molar-refractivity contribution in [2.75, 3.05) is 6.54 Å². The van der Waals surface area contributed by atoms with Crippen LogP contribution in [0.15, 0.2) is 0 Å². The molecule has 0 saturated heterocycles. The van der Waals surface area contributed by atoms with Gasteiger partial charge in [-0.15, -0.1) is 0 Å². The van der Waals surface area contributed by atoms with Gasteiger partial charge >= 0.3 is 5.97 Å². The molecule has 0 aliphatic heterocycles. The maximum absolute atomic E-state index is 11.8. The number of nitrogens with one attached hydrogen (secondary N) is 1. The summed E-state index contributed by atoms with van der Waals surface area (Å²) in [6.45, 7) is 6.15. The highest BCUT2D eigenvalue weighted by Crippen LogP contribution is 2.12. The highest BCUT2D eigenvalue weighted by Gasteiger charge is 2.25. The molecule has 0 bridgehead atoms. The molecule has 2 atom stereocenters. The number of hydrogen-bond acceptors (Lipinski definition) is 2. The minimum Gasteiger partial charge on any atom is -0.481 e. The fourth-order valence-corrected chi connectivity index (χ4v) is 2.43. The maximum Gasteiger partial charge on any atom is 0.307 e. The van der Waals surface area contributed by atoms with E-state index < -0.39 is 17.8 Å². The smallest absolute Gasteiger partial charge is 0.307 e. The first-order valence-electron chi connectivity index (χ1n) is 9.01. The molecule has 0 spiro atoms. The van der Waals surface area contributed by atoms with Crippen LogP contribution in [0.1, 0.15) is 85.0 Å². The summed E-state index contributed by atoms with van der Waals surface area (Å²) in [6, 6.07) is 0. The van der Waals surface area contributed by atoms with E-state index in [4.69, 9.17) is 5.11 Å². The van der Waals surface area contributed by atoms with Gasteiger partial charge in [-0.05, 0) is 6.42 Å². The lowest BCUT2D eigenvalue weighted by molar-refractivity contribution is -0.146. The molecule has 1 amide bonds. The van der Waals surface area contributed by atoms with Crippen molar-refractivity contribution in [1.29, 1.82) is 0 Å². The normalized spacial score (nSPS) is 13.6. The fourth-order valence-electron chi connectivity index (χ4n) is 2.43. The number of amides is 1. The third-order valence-electron chi connectivity index (χ3n) is 4.38. The summed E-state index contributed by atoms with van der Waals surface area (Å²) in [4.78, 5) is 22.6. The van der Waals surface area contributed by atoms with Crippen LogP contribution in [0, 0.1) is 11.8 Å². The van der Waals surface area contributed by atoms with Gasteiger partial charge in [-0.1, -0.05) is 78.6 Å². The van der Waals surface area contributed by atoms with Gasteiger partial charge in [0.15, 0.2) is 0 Å². The van der Waals surface area contributed by atoms with E-state index in [1.165, 1.54) is 51.4 Å². The lowest BCUT2D eigenvalue weighted by Crippen LogP contribution is -2.35. The Bertz CT molecular complexity index is 305. The lowest BCUT2D eigenvalue weighted by Gasteiger charge is -2.15. The molecular formula is C18H35NO3. The number of carbonyl (C=O) groups is 2. The average Bonchev–Trinajstić information content (AvgIpc) is 2.50. The zero-order valence-corrected chi connectivity index (χ0v) is 14.7. The van der Waals surface area contributed by atoms with Crippen LogP contribution in [0.25, 0.3) is 0 Å². The van der Waals surface area contributed by atoms with E-state index in [0.29, 0.717) is 6.54 Å². The average molecular weight is 313 g/mol. The Labute approximate surface area is 136 Å². The largest absolute Gasteiger partial charge is 0.481 e. The van der Waals surface area contributed by atoms with Crippen molar-refractivity contribution in [1.82, 2.24) is 5.32 Å². The highest BCUT2D eigenvalue weighted by atomic mass is 16.4. The van der Waals surface area contributed by atoms with Crippen molar-refractivity contribution in [2.24, 2.45) is 11.8 Å². The number of carboxylic acid groups (broad SMARTS) is 1. The number of carbonyl (C=O) groups excluding carboxylic acids is 1. The third kappa shape index (κ3) is 10.6. The van der Waals surface area contributed by atoms with Crippen LogP contribution in [-0.2, 0) is 9.59 Å². The molecule has 0 heterocycles. The first kappa shape index (κ1) is 20.9. The van der Waals surface area contributed by atoms with Crippen LogP contribution in [0.4, 0.5) is 0 Å².